The summed E-state index contributed by atoms with van der Waals surface area (Å²) < 4.78 is 0. The Morgan fingerprint density at radius 2 is 1.35 bits per heavy atom. The van der Waals surface area contributed by atoms with E-state index in [2.05, 4.69) is 36.2 Å². The number of nitrogens with one attached hydrogen (secondary N) is 1. The van der Waals surface area contributed by atoms with E-state index in [-0.39, 0.29) is 11.8 Å². The first kappa shape index (κ1) is 21.6. The van der Waals surface area contributed by atoms with Gasteiger partial charge in [-0.05, 0) is 74.2 Å². The summed E-state index contributed by atoms with van der Waals surface area (Å²) in [4.78, 5) is 29.8. The van der Waals surface area contributed by atoms with Gasteiger partial charge in [0.05, 0.1) is 0 Å². The Kier molecular flexibility index (Phi) is 6.71. The van der Waals surface area contributed by atoms with Crippen LogP contribution < -0.4 is 5.32 Å². The van der Waals surface area contributed by atoms with Gasteiger partial charge in [0.15, 0.2) is 0 Å². The molecule has 2 amide bonds. The van der Waals surface area contributed by atoms with Gasteiger partial charge < -0.3 is 10.2 Å². The van der Waals surface area contributed by atoms with Crippen LogP contribution in [-0.4, -0.2) is 46.8 Å². The number of nitrogens with zero attached hydrogens (tertiary/aromatic N) is 2. The van der Waals surface area contributed by atoms with E-state index in [4.69, 9.17) is 0 Å². The van der Waals surface area contributed by atoms with Gasteiger partial charge in [-0.3, -0.25) is 14.5 Å². The second kappa shape index (κ2) is 9.65. The van der Waals surface area contributed by atoms with E-state index in [1.165, 1.54) is 5.56 Å². The van der Waals surface area contributed by atoms with Gasteiger partial charge in [-0.1, -0.05) is 38.1 Å². The minimum absolute atomic E-state index is 0.00558. The molecule has 1 N–H and O–H groups in total. The maximum atomic E-state index is 13.2. The van der Waals surface area contributed by atoms with E-state index in [1.807, 2.05) is 41.3 Å². The number of carbonyl (C=O) groups excluding carboxylic acids is 2. The molecule has 2 saturated carbocycles. The molecule has 4 rings (SSSR count). The number of benzene rings is 2. The highest BCUT2D eigenvalue weighted by Crippen LogP contribution is 2.30. The van der Waals surface area contributed by atoms with Crippen molar-refractivity contribution in [3.63, 3.8) is 0 Å². The maximum absolute atomic E-state index is 13.2. The third-order valence-corrected chi connectivity index (χ3v) is 6.23. The van der Waals surface area contributed by atoms with Crippen molar-refractivity contribution in [1.82, 2.24) is 15.1 Å². The molecule has 0 aromatic heterocycles. The van der Waals surface area contributed by atoms with Crippen molar-refractivity contribution in [1.29, 1.82) is 0 Å². The minimum atomic E-state index is -0.00558. The first-order chi connectivity index (χ1) is 15.1. The molecule has 0 spiro atoms. The van der Waals surface area contributed by atoms with Crippen LogP contribution in [0.3, 0.4) is 0 Å². The second-order valence-electron chi connectivity index (χ2n) is 8.77. The third kappa shape index (κ3) is 5.73. The van der Waals surface area contributed by atoms with E-state index < -0.39 is 0 Å². The molecule has 5 heteroatoms. The highest BCUT2D eigenvalue weighted by Gasteiger charge is 2.33. The Hall–Kier alpha value is -2.66. The van der Waals surface area contributed by atoms with Crippen molar-refractivity contribution >= 4 is 11.8 Å². The van der Waals surface area contributed by atoms with E-state index in [9.17, 15) is 9.59 Å². The average Bonchev–Trinajstić information content (AvgIpc) is 3.71. The quantitative estimate of drug-likeness (QED) is 0.627. The fraction of sp³-hybridized carbons (Fsp3) is 0.462. The molecule has 0 aliphatic heterocycles. The number of carbonyl (C=O) groups is 2. The molecule has 0 radical (unpaired) electrons. The molecule has 2 fully saturated rings. The van der Waals surface area contributed by atoms with Gasteiger partial charge in [0.25, 0.3) is 11.8 Å². The van der Waals surface area contributed by atoms with Crippen molar-refractivity contribution in [3.05, 3.63) is 70.8 Å². The van der Waals surface area contributed by atoms with Crippen molar-refractivity contribution in [2.24, 2.45) is 0 Å². The molecule has 2 aromatic rings. The van der Waals surface area contributed by atoms with Crippen LogP contribution in [0.2, 0.25) is 0 Å². The zero-order chi connectivity index (χ0) is 21.8. The number of amides is 2. The van der Waals surface area contributed by atoms with Crippen LogP contribution in [0.1, 0.15) is 71.4 Å². The Morgan fingerprint density at radius 1 is 0.806 bits per heavy atom. The summed E-state index contributed by atoms with van der Waals surface area (Å²) in [5, 5.41) is 3.02. The SMILES string of the molecule is CCN(CC)Cc1ccc(C(=O)N(Cc2ccc(C(=O)NC3CC3)cc2)C2CC2)cc1. The van der Waals surface area contributed by atoms with E-state index in [1.54, 1.807) is 0 Å². The van der Waals surface area contributed by atoms with Crippen molar-refractivity contribution in [2.75, 3.05) is 13.1 Å². The summed E-state index contributed by atoms with van der Waals surface area (Å²) in [6.45, 7) is 7.87. The monoisotopic (exact) mass is 419 g/mol. The summed E-state index contributed by atoms with van der Waals surface area (Å²) in [6, 6.07) is 16.4. The van der Waals surface area contributed by atoms with Crippen molar-refractivity contribution in [3.8, 4) is 0 Å². The predicted octanol–water partition coefficient (Wildman–Crippen LogP) is 4.23. The lowest BCUT2D eigenvalue weighted by atomic mass is 10.1. The molecule has 5 nitrogen and oxygen atoms in total. The lowest BCUT2D eigenvalue weighted by Gasteiger charge is -2.23. The fourth-order valence-electron chi connectivity index (χ4n) is 3.83. The Labute approximate surface area is 185 Å². The molecule has 31 heavy (non-hydrogen) atoms. The van der Waals surface area contributed by atoms with E-state index >= 15 is 0 Å². The van der Waals surface area contributed by atoms with Crippen LogP contribution in [0, 0.1) is 0 Å². The van der Waals surface area contributed by atoms with Crippen LogP contribution in [0.15, 0.2) is 48.5 Å². The van der Waals surface area contributed by atoms with Crippen LogP contribution in [-0.2, 0) is 13.1 Å². The number of rotatable bonds is 10. The fourth-order valence-corrected chi connectivity index (χ4v) is 3.83. The molecule has 0 atom stereocenters. The van der Waals surface area contributed by atoms with Gasteiger partial charge in [0.2, 0.25) is 0 Å². The molecule has 0 bridgehead atoms. The van der Waals surface area contributed by atoms with Crippen molar-refractivity contribution < 1.29 is 9.59 Å². The van der Waals surface area contributed by atoms with Gasteiger partial charge in [-0.2, -0.15) is 0 Å². The van der Waals surface area contributed by atoms with E-state index in [0.717, 1.165) is 56.4 Å². The third-order valence-electron chi connectivity index (χ3n) is 6.23. The largest absolute Gasteiger partial charge is 0.349 e. The molecule has 2 aromatic carbocycles. The first-order valence-electron chi connectivity index (χ1n) is 11.6. The highest BCUT2D eigenvalue weighted by molar-refractivity contribution is 5.95. The minimum Gasteiger partial charge on any atom is -0.349 e. The summed E-state index contributed by atoms with van der Waals surface area (Å²) in [5.74, 6) is 0.0846. The molecule has 164 valence electrons. The predicted molar refractivity (Wildman–Crippen MR) is 123 cm³/mol. The molecular weight excluding hydrogens is 386 g/mol. The zero-order valence-corrected chi connectivity index (χ0v) is 18.6. The normalized spacial score (nSPS) is 15.7. The molecule has 0 saturated heterocycles. The first-order valence-corrected chi connectivity index (χ1v) is 11.6. The lowest BCUT2D eigenvalue weighted by molar-refractivity contribution is 0.0729. The van der Waals surface area contributed by atoms with Gasteiger partial charge in [-0.15, -0.1) is 0 Å². The maximum Gasteiger partial charge on any atom is 0.254 e. The summed E-state index contributed by atoms with van der Waals surface area (Å²) in [6.07, 6.45) is 4.29. The number of hydrogen-bond acceptors (Lipinski definition) is 3. The molecule has 0 unspecified atom stereocenters. The Bertz CT molecular complexity index is 895. The van der Waals surface area contributed by atoms with Crippen molar-refractivity contribution in [2.45, 2.75) is 64.7 Å². The molecule has 2 aliphatic rings. The molecule has 2 aliphatic carbocycles. The van der Waals surface area contributed by atoms with Gasteiger partial charge in [-0.25, -0.2) is 0 Å². The van der Waals surface area contributed by atoms with Gasteiger partial charge in [0.1, 0.15) is 0 Å². The molecular formula is C26H33N3O2. The van der Waals surface area contributed by atoms with Gasteiger partial charge >= 0.3 is 0 Å². The zero-order valence-electron chi connectivity index (χ0n) is 18.6. The van der Waals surface area contributed by atoms with Crippen LogP contribution in [0.25, 0.3) is 0 Å². The topological polar surface area (TPSA) is 52.7 Å². The summed E-state index contributed by atoms with van der Waals surface area (Å²) in [5.41, 5.74) is 3.72. The lowest BCUT2D eigenvalue weighted by Crippen LogP contribution is -2.32. The second-order valence-corrected chi connectivity index (χ2v) is 8.77. The molecule has 0 heterocycles. The smallest absolute Gasteiger partial charge is 0.254 e. The Morgan fingerprint density at radius 3 is 1.87 bits per heavy atom. The van der Waals surface area contributed by atoms with Gasteiger partial charge in [0, 0.05) is 36.3 Å². The summed E-state index contributed by atoms with van der Waals surface area (Å²) >= 11 is 0. The average molecular weight is 420 g/mol. The number of hydrogen-bond donors (Lipinski definition) is 1. The standard InChI is InChI=1S/C26H33N3O2/c1-3-28(4-2)17-19-7-11-22(12-8-19)26(31)29(24-15-16-24)18-20-5-9-21(10-6-20)25(30)27-23-13-14-23/h5-12,23-24H,3-4,13-18H2,1-2H3,(H,27,30). The summed E-state index contributed by atoms with van der Waals surface area (Å²) in [7, 11) is 0. The Balaban J connectivity index is 1.40. The van der Waals surface area contributed by atoms with Crippen LogP contribution in [0.4, 0.5) is 0 Å². The van der Waals surface area contributed by atoms with Crippen LogP contribution in [0.5, 0.6) is 0 Å². The van der Waals surface area contributed by atoms with Crippen LogP contribution >= 0.6 is 0 Å². The highest BCUT2D eigenvalue weighted by atomic mass is 16.2. The van der Waals surface area contributed by atoms with E-state index in [0.29, 0.717) is 24.2 Å².